The normalized spacial score (nSPS) is 12.1. The highest BCUT2D eigenvalue weighted by Gasteiger charge is 2.24. The van der Waals surface area contributed by atoms with Gasteiger partial charge in [-0.1, -0.05) is 0 Å². The lowest BCUT2D eigenvalue weighted by molar-refractivity contribution is 0.400. The maximum atomic E-state index is 11.8. The van der Waals surface area contributed by atoms with Gasteiger partial charge in [0.2, 0.25) is 0 Å². The molecule has 6 nitrogen and oxygen atoms in total. The van der Waals surface area contributed by atoms with E-state index in [4.69, 9.17) is 5.73 Å². The van der Waals surface area contributed by atoms with Gasteiger partial charge < -0.3 is 15.5 Å². The highest BCUT2D eigenvalue weighted by atomic mass is 32.2. The molecule has 19 heavy (non-hydrogen) atoms. The summed E-state index contributed by atoms with van der Waals surface area (Å²) in [6.45, 7) is 4.48. The van der Waals surface area contributed by atoms with Gasteiger partial charge in [0.05, 0.1) is 0 Å². The van der Waals surface area contributed by atoms with Gasteiger partial charge in [-0.15, -0.1) is 0 Å². The summed E-state index contributed by atoms with van der Waals surface area (Å²) in [5, 5.41) is 0.654. The van der Waals surface area contributed by atoms with E-state index in [0.29, 0.717) is 5.00 Å². The van der Waals surface area contributed by atoms with Crippen LogP contribution in [-0.4, -0.2) is 57.7 Å². The Bertz CT molecular complexity index is 511. The van der Waals surface area contributed by atoms with Crippen molar-refractivity contribution in [1.29, 1.82) is 0 Å². The minimum Gasteiger partial charge on any atom is -0.382 e. The number of rotatable bonds is 7. The first kappa shape index (κ1) is 16.2. The summed E-state index contributed by atoms with van der Waals surface area (Å²) in [6, 6.07) is 0. The van der Waals surface area contributed by atoms with Crippen LogP contribution in [-0.2, 0) is 9.84 Å². The standard InChI is InChI=1S/C11H22N4O2S2/c1-5-15(8-6-7-14(2)3)11-9(19(4,16)17)10(12)13-18-11/h5-8H2,1-4H3,(H2,12,13). The van der Waals surface area contributed by atoms with Crippen LogP contribution in [0, 0.1) is 0 Å². The first-order valence-electron chi connectivity index (χ1n) is 6.12. The molecule has 0 aromatic carbocycles. The smallest absolute Gasteiger partial charge is 0.182 e. The van der Waals surface area contributed by atoms with Crippen LogP contribution in [0.5, 0.6) is 0 Å². The lowest BCUT2D eigenvalue weighted by Gasteiger charge is -2.22. The van der Waals surface area contributed by atoms with Crippen LogP contribution in [0.4, 0.5) is 10.8 Å². The van der Waals surface area contributed by atoms with E-state index in [-0.39, 0.29) is 10.7 Å². The maximum absolute atomic E-state index is 11.8. The molecule has 2 N–H and O–H groups in total. The fourth-order valence-electron chi connectivity index (χ4n) is 1.82. The van der Waals surface area contributed by atoms with Crippen LogP contribution in [0.1, 0.15) is 13.3 Å². The van der Waals surface area contributed by atoms with Crippen molar-refractivity contribution >= 4 is 32.2 Å². The van der Waals surface area contributed by atoms with Crippen LogP contribution < -0.4 is 10.6 Å². The van der Waals surface area contributed by atoms with Gasteiger partial charge in [-0.2, -0.15) is 4.37 Å². The summed E-state index contributed by atoms with van der Waals surface area (Å²) in [7, 11) is 0.687. The Morgan fingerprint density at radius 2 is 1.95 bits per heavy atom. The van der Waals surface area contributed by atoms with Gasteiger partial charge >= 0.3 is 0 Å². The molecule has 0 aliphatic rings. The molecule has 0 aliphatic heterocycles. The van der Waals surface area contributed by atoms with Crippen molar-refractivity contribution in [2.75, 3.05) is 50.6 Å². The van der Waals surface area contributed by atoms with Crippen molar-refractivity contribution in [2.45, 2.75) is 18.2 Å². The van der Waals surface area contributed by atoms with E-state index in [1.165, 1.54) is 6.26 Å². The molecule has 0 spiro atoms. The van der Waals surface area contributed by atoms with E-state index in [1.54, 1.807) is 0 Å². The van der Waals surface area contributed by atoms with E-state index >= 15 is 0 Å². The molecule has 1 rings (SSSR count). The topological polar surface area (TPSA) is 79.5 Å². The molecule has 0 atom stereocenters. The quantitative estimate of drug-likeness (QED) is 0.806. The molecule has 1 aromatic heterocycles. The highest BCUT2D eigenvalue weighted by Crippen LogP contribution is 2.34. The van der Waals surface area contributed by atoms with Gasteiger partial charge in [-0.3, -0.25) is 0 Å². The fraction of sp³-hybridized carbons (Fsp3) is 0.727. The zero-order chi connectivity index (χ0) is 14.6. The molecule has 1 aromatic rings. The number of nitrogens with two attached hydrogens (primary N) is 1. The van der Waals surface area contributed by atoms with Gasteiger partial charge in [-0.25, -0.2) is 8.42 Å². The molecule has 0 unspecified atom stereocenters. The Kier molecular flexibility index (Phi) is 5.57. The number of hydrogen-bond donors (Lipinski definition) is 1. The Balaban J connectivity index is 2.94. The first-order valence-corrected chi connectivity index (χ1v) is 8.78. The summed E-state index contributed by atoms with van der Waals surface area (Å²) < 4.78 is 27.6. The third-order valence-corrected chi connectivity index (χ3v) is 4.93. The van der Waals surface area contributed by atoms with Crippen molar-refractivity contribution < 1.29 is 8.42 Å². The summed E-state index contributed by atoms with van der Waals surface area (Å²) >= 11 is 1.15. The average molecular weight is 306 g/mol. The Morgan fingerprint density at radius 3 is 2.42 bits per heavy atom. The van der Waals surface area contributed by atoms with Crippen molar-refractivity contribution in [2.24, 2.45) is 0 Å². The second-order valence-electron chi connectivity index (χ2n) is 4.71. The predicted octanol–water partition coefficient (Wildman–Crippen LogP) is 0.907. The van der Waals surface area contributed by atoms with Gasteiger partial charge in [0, 0.05) is 19.3 Å². The molecule has 8 heteroatoms. The number of sulfone groups is 1. The molecule has 0 saturated carbocycles. The number of nitrogens with zero attached hydrogens (tertiary/aromatic N) is 3. The molecule has 0 bridgehead atoms. The van der Waals surface area contributed by atoms with Gasteiger partial charge in [0.15, 0.2) is 15.7 Å². The number of anilines is 2. The fourth-order valence-corrected chi connectivity index (χ4v) is 4.11. The van der Waals surface area contributed by atoms with Crippen LogP contribution in [0.15, 0.2) is 4.90 Å². The molecule has 0 fully saturated rings. The number of hydrogen-bond acceptors (Lipinski definition) is 7. The third-order valence-electron chi connectivity index (χ3n) is 2.73. The molecule has 0 radical (unpaired) electrons. The zero-order valence-corrected chi connectivity index (χ0v) is 13.5. The summed E-state index contributed by atoms with van der Waals surface area (Å²) in [4.78, 5) is 4.30. The monoisotopic (exact) mass is 306 g/mol. The molecule has 0 amide bonds. The maximum Gasteiger partial charge on any atom is 0.182 e. The SMILES string of the molecule is CCN(CCCN(C)C)c1snc(N)c1S(C)(=O)=O. The second kappa shape index (κ2) is 6.53. The third kappa shape index (κ3) is 4.32. The van der Waals surface area contributed by atoms with Crippen LogP contribution >= 0.6 is 11.5 Å². The lowest BCUT2D eigenvalue weighted by Crippen LogP contribution is -2.27. The van der Waals surface area contributed by atoms with Gasteiger partial charge in [0.25, 0.3) is 0 Å². The van der Waals surface area contributed by atoms with Crippen molar-refractivity contribution in [3.63, 3.8) is 0 Å². The number of nitrogen functional groups attached to an aromatic ring is 1. The second-order valence-corrected chi connectivity index (χ2v) is 7.42. The Hall–Kier alpha value is -0.860. The van der Waals surface area contributed by atoms with E-state index < -0.39 is 9.84 Å². The molecular formula is C11H22N4O2S2. The van der Waals surface area contributed by atoms with E-state index in [2.05, 4.69) is 9.27 Å². The summed E-state index contributed by atoms with van der Waals surface area (Å²) in [5.41, 5.74) is 5.68. The highest BCUT2D eigenvalue weighted by molar-refractivity contribution is 7.91. The zero-order valence-electron chi connectivity index (χ0n) is 11.9. The minimum absolute atomic E-state index is 0.105. The average Bonchev–Trinajstić information content (AvgIpc) is 2.65. The molecule has 110 valence electrons. The Morgan fingerprint density at radius 1 is 1.32 bits per heavy atom. The molecule has 0 aliphatic carbocycles. The van der Waals surface area contributed by atoms with Crippen molar-refractivity contribution in [3.05, 3.63) is 0 Å². The van der Waals surface area contributed by atoms with E-state index in [0.717, 1.165) is 37.6 Å². The largest absolute Gasteiger partial charge is 0.382 e. The van der Waals surface area contributed by atoms with Crippen molar-refractivity contribution in [3.8, 4) is 0 Å². The number of aromatic nitrogens is 1. The molecular weight excluding hydrogens is 284 g/mol. The lowest BCUT2D eigenvalue weighted by atomic mass is 10.3. The van der Waals surface area contributed by atoms with Gasteiger partial charge in [0.1, 0.15) is 9.90 Å². The summed E-state index contributed by atoms with van der Waals surface area (Å²) in [6.07, 6.45) is 2.13. The molecule has 1 heterocycles. The van der Waals surface area contributed by atoms with E-state index in [1.807, 2.05) is 25.9 Å². The predicted molar refractivity (Wildman–Crippen MR) is 80.7 cm³/mol. The van der Waals surface area contributed by atoms with Gasteiger partial charge in [-0.05, 0) is 45.5 Å². The molecule has 0 saturated heterocycles. The van der Waals surface area contributed by atoms with E-state index in [9.17, 15) is 8.42 Å². The minimum atomic E-state index is -3.35. The van der Waals surface area contributed by atoms with Crippen molar-refractivity contribution in [1.82, 2.24) is 9.27 Å². The summed E-state index contributed by atoms with van der Waals surface area (Å²) in [5.74, 6) is 0.105. The van der Waals surface area contributed by atoms with Crippen LogP contribution in [0.3, 0.4) is 0 Å². The Labute approximate surface area is 119 Å². The van der Waals surface area contributed by atoms with Crippen LogP contribution in [0.2, 0.25) is 0 Å². The van der Waals surface area contributed by atoms with Crippen LogP contribution in [0.25, 0.3) is 0 Å². The first-order chi connectivity index (χ1) is 8.77.